The number of likely N-dealkylation sites (tertiary alicyclic amines) is 1. The van der Waals surface area contributed by atoms with Crippen molar-refractivity contribution in [2.45, 2.75) is 44.3 Å². The van der Waals surface area contributed by atoms with Crippen molar-refractivity contribution in [2.24, 2.45) is 5.92 Å². The van der Waals surface area contributed by atoms with Crippen molar-refractivity contribution in [3.63, 3.8) is 0 Å². The van der Waals surface area contributed by atoms with Gasteiger partial charge in [-0.1, -0.05) is 12.1 Å². The number of para-hydroxylation sites is 1. The second-order valence-electron chi connectivity index (χ2n) is 11.0. The lowest BCUT2D eigenvalue weighted by molar-refractivity contribution is -0.165. The van der Waals surface area contributed by atoms with E-state index < -0.39 is 30.4 Å². The molecule has 2 aliphatic rings. The summed E-state index contributed by atoms with van der Waals surface area (Å²) in [6.07, 6.45) is -2.21. The number of aromatic nitrogens is 3. The lowest BCUT2D eigenvalue weighted by atomic mass is 9.88. The second kappa shape index (κ2) is 10.8. The zero-order valence-corrected chi connectivity index (χ0v) is 23.8. The smallest absolute Gasteiger partial charge is 0.343 e. The summed E-state index contributed by atoms with van der Waals surface area (Å²) in [5, 5.41) is 8.05. The number of benzene rings is 2. The third-order valence-corrected chi connectivity index (χ3v) is 8.93. The fourth-order valence-corrected chi connectivity index (χ4v) is 6.81. The largest absolute Gasteiger partial charge is 0.406 e. The van der Waals surface area contributed by atoms with E-state index in [1.165, 1.54) is 12.3 Å². The molecule has 4 heterocycles. The average molecular weight is 648 g/mol. The van der Waals surface area contributed by atoms with Crippen LogP contribution >= 0.6 is 15.9 Å². The van der Waals surface area contributed by atoms with E-state index in [1.54, 1.807) is 29.2 Å². The number of alkyl halides is 3. The Morgan fingerprint density at radius 2 is 1.88 bits per heavy atom. The molecule has 0 radical (unpaired) electrons. The molecular weight excluding hydrogens is 622 g/mol. The number of piperidine rings is 1. The quantitative estimate of drug-likeness (QED) is 0.299. The van der Waals surface area contributed by atoms with Crippen LogP contribution in [0.4, 0.5) is 17.6 Å². The first-order valence-electron chi connectivity index (χ1n) is 13.6. The highest BCUT2D eigenvalue weighted by molar-refractivity contribution is 9.10. The monoisotopic (exact) mass is 647 g/mol. The van der Waals surface area contributed by atoms with Crippen LogP contribution < -0.4 is 5.56 Å². The van der Waals surface area contributed by atoms with Crippen molar-refractivity contribution in [1.82, 2.24) is 25.0 Å². The Balaban J connectivity index is 1.20. The molecule has 1 unspecified atom stereocenters. The summed E-state index contributed by atoms with van der Waals surface area (Å²) >= 11 is 3.47. The molecular formula is C29H26BrF4N5O3. The zero-order chi connectivity index (χ0) is 29.8. The highest BCUT2D eigenvalue weighted by Crippen LogP contribution is 2.36. The molecule has 6 rings (SSSR count). The van der Waals surface area contributed by atoms with Crippen LogP contribution in [0.2, 0.25) is 0 Å². The number of pyridine rings is 1. The zero-order valence-electron chi connectivity index (χ0n) is 22.2. The molecule has 0 bridgehead atoms. The van der Waals surface area contributed by atoms with Crippen molar-refractivity contribution < 1.29 is 27.2 Å². The Morgan fingerprint density at radius 1 is 1.12 bits per heavy atom. The van der Waals surface area contributed by atoms with Crippen molar-refractivity contribution in [3.8, 4) is 0 Å². The summed E-state index contributed by atoms with van der Waals surface area (Å²) in [7, 11) is 0. The number of aromatic amines is 2. The van der Waals surface area contributed by atoms with Gasteiger partial charge in [-0.15, -0.1) is 0 Å². The van der Waals surface area contributed by atoms with Gasteiger partial charge in [0.05, 0.1) is 23.1 Å². The van der Waals surface area contributed by atoms with Gasteiger partial charge in [0.15, 0.2) is 0 Å². The number of H-pyrrole nitrogens is 2. The standard InChI is InChI=1S/C29H26BrF4N5O3/c30-22-10-17-8-18(28(42)39(14-29(32,33)34)13-21(17)20-12-35-37-26(20)22)11-24(40)38-6-4-15(5-7-38)19-9-16-2-1-3-23(31)25(16)36-27(19)41/h1-3,9-10,12,15,18H,4-8,11,13-14H2,(H,35,37)(H,36,41). The van der Waals surface area contributed by atoms with E-state index in [9.17, 15) is 31.9 Å². The molecule has 42 heavy (non-hydrogen) atoms. The lowest BCUT2D eigenvalue weighted by Crippen LogP contribution is -2.44. The van der Waals surface area contributed by atoms with Crippen LogP contribution in [-0.4, -0.2) is 62.6 Å². The number of amides is 2. The van der Waals surface area contributed by atoms with Gasteiger partial charge < -0.3 is 14.8 Å². The van der Waals surface area contributed by atoms with Gasteiger partial charge in [-0.3, -0.25) is 19.5 Å². The molecule has 2 aliphatic heterocycles. The van der Waals surface area contributed by atoms with E-state index >= 15 is 0 Å². The summed E-state index contributed by atoms with van der Waals surface area (Å²) in [5.74, 6) is -2.65. The number of carbonyl (C=O) groups excluding carboxylic acids is 2. The third kappa shape index (κ3) is 5.41. The highest BCUT2D eigenvalue weighted by Gasteiger charge is 2.39. The Kier molecular flexibility index (Phi) is 7.32. The molecule has 1 saturated heterocycles. The fraction of sp³-hybridized carbons (Fsp3) is 0.379. The third-order valence-electron chi connectivity index (χ3n) is 8.30. The number of halogens is 5. The average Bonchev–Trinajstić information content (AvgIpc) is 3.40. The van der Waals surface area contributed by atoms with Crippen molar-refractivity contribution >= 4 is 49.6 Å². The van der Waals surface area contributed by atoms with Gasteiger partial charge in [-0.25, -0.2) is 4.39 Å². The number of hydrogen-bond donors (Lipinski definition) is 2. The molecule has 2 N–H and O–H groups in total. The molecule has 0 aliphatic carbocycles. The van der Waals surface area contributed by atoms with Crippen LogP contribution in [0.15, 0.2) is 45.8 Å². The number of rotatable bonds is 4. The van der Waals surface area contributed by atoms with Crippen molar-refractivity contribution in [1.29, 1.82) is 0 Å². The maximum atomic E-state index is 14.1. The molecule has 0 spiro atoms. The Morgan fingerprint density at radius 3 is 2.62 bits per heavy atom. The number of hydrogen-bond acceptors (Lipinski definition) is 4. The van der Waals surface area contributed by atoms with E-state index in [4.69, 9.17) is 0 Å². The van der Waals surface area contributed by atoms with E-state index in [2.05, 4.69) is 31.1 Å². The molecule has 0 saturated carbocycles. The Hall–Kier alpha value is -3.74. The van der Waals surface area contributed by atoms with Crippen LogP contribution in [0.5, 0.6) is 0 Å². The number of nitrogens with zero attached hydrogens (tertiary/aromatic N) is 3. The van der Waals surface area contributed by atoms with Crippen LogP contribution in [0.1, 0.15) is 41.9 Å². The van der Waals surface area contributed by atoms with E-state index in [-0.39, 0.29) is 42.3 Å². The fourth-order valence-electron chi connectivity index (χ4n) is 6.24. The van der Waals surface area contributed by atoms with Crippen molar-refractivity contribution in [2.75, 3.05) is 19.6 Å². The highest BCUT2D eigenvalue weighted by atomic mass is 79.9. The van der Waals surface area contributed by atoms with Crippen molar-refractivity contribution in [3.05, 3.63) is 73.9 Å². The molecule has 2 amide bonds. The van der Waals surface area contributed by atoms with E-state index in [0.29, 0.717) is 63.4 Å². The summed E-state index contributed by atoms with van der Waals surface area (Å²) in [4.78, 5) is 44.5. The number of nitrogens with one attached hydrogen (secondary N) is 2. The molecule has 8 nitrogen and oxygen atoms in total. The molecule has 1 atom stereocenters. The molecule has 1 fully saturated rings. The maximum absolute atomic E-state index is 14.1. The summed E-state index contributed by atoms with van der Waals surface area (Å²) in [6, 6.07) is 8.03. The molecule has 2 aromatic heterocycles. The molecule has 2 aromatic carbocycles. The minimum Gasteiger partial charge on any atom is -0.343 e. The number of carbonyl (C=O) groups is 2. The van der Waals surface area contributed by atoms with Gasteiger partial charge in [-0.05, 0) is 70.4 Å². The van der Waals surface area contributed by atoms with Crippen LogP contribution in [0.25, 0.3) is 21.8 Å². The first-order chi connectivity index (χ1) is 20.0. The van der Waals surface area contributed by atoms with Crippen LogP contribution in [0, 0.1) is 11.7 Å². The van der Waals surface area contributed by atoms with Gasteiger partial charge in [0.25, 0.3) is 5.56 Å². The summed E-state index contributed by atoms with van der Waals surface area (Å²) in [6.45, 7) is -0.998. The topological polar surface area (TPSA) is 102 Å². The van der Waals surface area contributed by atoms with Gasteiger partial charge in [-0.2, -0.15) is 18.3 Å². The summed E-state index contributed by atoms with van der Waals surface area (Å²) in [5.41, 5.74) is 2.19. The Bertz CT molecular complexity index is 1760. The Labute approximate surface area is 245 Å². The SMILES string of the molecule is O=C(CC1Cc2cc(Br)c3[nH]ncc3c2CN(CC(F)(F)F)C1=O)N1CCC(c2cc3cccc(F)c3[nH]c2=O)CC1. The van der Waals surface area contributed by atoms with Gasteiger partial charge in [0, 0.05) is 46.9 Å². The van der Waals surface area contributed by atoms with Gasteiger partial charge >= 0.3 is 6.18 Å². The predicted octanol–water partition coefficient (Wildman–Crippen LogP) is 5.17. The summed E-state index contributed by atoms with van der Waals surface area (Å²) < 4.78 is 55.2. The first-order valence-corrected chi connectivity index (χ1v) is 14.4. The predicted molar refractivity (Wildman–Crippen MR) is 150 cm³/mol. The first kappa shape index (κ1) is 28.4. The number of fused-ring (bicyclic) bond motifs is 4. The van der Waals surface area contributed by atoms with Crippen LogP contribution in [-0.2, 0) is 22.6 Å². The van der Waals surface area contributed by atoms with E-state index in [0.717, 1.165) is 4.90 Å². The van der Waals surface area contributed by atoms with Crippen LogP contribution in [0.3, 0.4) is 0 Å². The van der Waals surface area contributed by atoms with Gasteiger partial charge in [0.2, 0.25) is 11.8 Å². The molecule has 13 heteroatoms. The minimum atomic E-state index is -4.60. The normalized spacial score (nSPS) is 18.5. The van der Waals surface area contributed by atoms with E-state index in [1.807, 2.05) is 0 Å². The maximum Gasteiger partial charge on any atom is 0.406 e. The van der Waals surface area contributed by atoms with Gasteiger partial charge in [0.1, 0.15) is 12.4 Å². The second-order valence-corrected chi connectivity index (χ2v) is 11.8. The minimum absolute atomic E-state index is 0.119. The molecule has 220 valence electrons. The lowest BCUT2D eigenvalue weighted by Gasteiger charge is -2.33. The molecule has 4 aromatic rings.